The molecule has 0 aliphatic rings. The van der Waals surface area contributed by atoms with Gasteiger partial charge in [-0.25, -0.2) is 0 Å². The smallest absolute Gasteiger partial charge is 0.120 e. The van der Waals surface area contributed by atoms with Crippen molar-refractivity contribution in [3.8, 4) is 11.8 Å². The molecule has 0 spiro atoms. The maximum absolute atomic E-state index is 8.67. The third-order valence-corrected chi connectivity index (χ3v) is 2.53. The molecular weight excluding hydrogens is 224 g/mol. The van der Waals surface area contributed by atoms with Crippen LogP contribution in [0.15, 0.2) is 24.3 Å². The summed E-state index contributed by atoms with van der Waals surface area (Å²) in [5.74, 6) is 0.734. The SMILES string of the molecule is CN(C)C(CC#N)COc1cccc(Cl)c1. The van der Waals surface area contributed by atoms with Gasteiger partial charge in [0.15, 0.2) is 0 Å². The van der Waals surface area contributed by atoms with Crippen molar-refractivity contribution < 1.29 is 4.74 Å². The minimum Gasteiger partial charge on any atom is -0.492 e. The topological polar surface area (TPSA) is 36.3 Å². The normalized spacial score (nSPS) is 12.2. The van der Waals surface area contributed by atoms with Crippen molar-refractivity contribution in [2.24, 2.45) is 0 Å². The molecule has 0 aromatic heterocycles. The molecule has 0 bridgehead atoms. The monoisotopic (exact) mass is 238 g/mol. The number of hydrogen-bond donors (Lipinski definition) is 0. The van der Waals surface area contributed by atoms with Gasteiger partial charge in [0.25, 0.3) is 0 Å². The summed E-state index contributed by atoms with van der Waals surface area (Å²) in [5, 5.41) is 9.33. The van der Waals surface area contributed by atoms with Crippen LogP contribution >= 0.6 is 11.6 Å². The van der Waals surface area contributed by atoms with Gasteiger partial charge < -0.3 is 9.64 Å². The molecule has 1 rings (SSSR count). The van der Waals surface area contributed by atoms with Crippen LogP contribution in [0.4, 0.5) is 0 Å². The fourth-order valence-electron chi connectivity index (χ4n) is 1.25. The Morgan fingerprint density at radius 2 is 2.25 bits per heavy atom. The van der Waals surface area contributed by atoms with Gasteiger partial charge in [-0.3, -0.25) is 0 Å². The van der Waals surface area contributed by atoms with E-state index in [1.54, 1.807) is 12.1 Å². The van der Waals surface area contributed by atoms with Gasteiger partial charge >= 0.3 is 0 Å². The molecule has 0 saturated carbocycles. The molecule has 1 aromatic carbocycles. The fraction of sp³-hybridized carbons (Fsp3) is 0.417. The average Bonchev–Trinajstić information content (AvgIpc) is 2.24. The van der Waals surface area contributed by atoms with Gasteiger partial charge in [-0.1, -0.05) is 17.7 Å². The van der Waals surface area contributed by atoms with Gasteiger partial charge in [-0.2, -0.15) is 5.26 Å². The second-order valence-corrected chi connectivity index (χ2v) is 4.18. The van der Waals surface area contributed by atoms with Crippen molar-refractivity contribution in [3.63, 3.8) is 0 Å². The summed E-state index contributed by atoms with van der Waals surface area (Å²) in [4.78, 5) is 1.98. The van der Waals surface area contributed by atoms with Crippen molar-refractivity contribution >= 4 is 11.6 Å². The molecule has 0 aliphatic heterocycles. The van der Waals surface area contributed by atoms with E-state index in [0.717, 1.165) is 5.75 Å². The zero-order chi connectivity index (χ0) is 12.0. The Morgan fingerprint density at radius 3 is 2.81 bits per heavy atom. The molecule has 0 radical (unpaired) electrons. The first-order chi connectivity index (χ1) is 7.63. The average molecular weight is 239 g/mol. The van der Waals surface area contributed by atoms with Crippen LogP contribution < -0.4 is 4.74 Å². The van der Waals surface area contributed by atoms with Crippen LogP contribution in [0.2, 0.25) is 5.02 Å². The second-order valence-electron chi connectivity index (χ2n) is 3.75. The number of nitriles is 1. The van der Waals surface area contributed by atoms with Crippen molar-refractivity contribution in [2.75, 3.05) is 20.7 Å². The van der Waals surface area contributed by atoms with E-state index in [2.05, 4.69) is 6.07 Å². The Balaban J connectivity index is 2.52. The van der Waals surface area contributed by atoms with E-state index in [4.69, 9.17) is 21.6 Å². The minimum absolute atomic E-state index is 0.101. The van der Waals surface area contributed by atoms with Crippen molar-refractivity contribution in [3.05, 3.63) is 29.3 Å². The minimum atomic E-state index is 0.101. The lowest BCUT2D eigenvalue weighted by molar-refractivity contribution is 0.188. The highest BCUT2D eigenvalue weighted by Gasteiger charge is 2.11. The molecule has 0 saturated heterocycles. The van der Waals surface area contributed by atoms with Crippen molar-refractivity contribution in [2.45, 2.75) is 12.5 Å². The molecule has 1 unspecified atom stereocenters. The molecule has 0 aliphatic carbocycles. The molecule has 86 valence electrons. The molecule has 3 nitrogen and oxygen atoms in total. The van der Waals surface area contributed by atoms with Crippen molar-refractivity contribution in [1.82, 2.24) is 4.90 Å². The Kier molecular flexibility index (Phi) is 5.10. The summed E-state index contributed by atoms with van der Waals surface area (Å²) in [6.07, 6.45) is 0.452. The summed E-state index contributed by atoms with van der Waals surface area (Å²) in [6, 6.07) is 9.51. The number of hydrogen-bond acceptors (Lipinski definition) is 3. The molecule has 4 heteroatoms. The van der Waals surface area contributed by atoms with Gasteiger partial charge in [-0.05, 0) is 32.3 Å². The summed E-state index contributed by atoms with van der Waals surface area (Å²) in [6.45, 7) is 0.487. The Hall–Kier alpha value is -1.24. The lowest BCUT2D eigenvalue weighted by atomic mass is 10.2. The number of nitrogens with zero attached hydrogens (tertiary/aromatic N) is 2. The first-order valence-electron chi connectivity index (χ1n) is 5.05. The molecule has 0 heterocycles. The number of ether oxygens (including phenoxy) is 1. The van der Waals surface area contributed by atoms with E-state index >= 15 is 0 Å². The molecule has 1 atom stereocenters. The summed E-state index contributed by atoms with van der Waals surface area (Å²) in [7, 11) is 3.87. The lowest BCUT2D eigenvalue weighted by Crippen LogP contribution is -2.33. The summed E-state index contributed by atoms with van der Waals surface area (Å²) < 4.78 is 5.59. The number of rotatable bonds is 5. The van der Waals surface area contributed by atoms with E-state index < -0.39 is 0 Å². The van der Waals surface area contributed by atoms with Crippen LogP contribution in [0.25, 0.3) is 0 Å². The Bertz CT molecular complexity index is 374. The first-order valence-corrected chi connectivity index (χ1v) is 5.43. The molecule has 1 aromatic rings. The Labute approximate surface area is 101 Å². The highest BCUT2D eigenvalue weighted by molar-refractivity contribution is 6.30. The van der Waals surface area contributed by atoms with E-state index in [-0.39, 0.29) is 6.04 Å². The quantitative estimate of drug-likeness (QED) is 0.791. The maximum Gasteiger partial charge on any atom is 0.120 e. The number of likely N-dealkylation sites (N-methyl/N-ethyl adjacent to an activating group) is 1. The van der Waals surface area contributed by atoms with Gasteiger partial charge in [0.1, 0.15) is 12.4 Å². The maximum atomic E-state index is 8.67. The van der Waals surface area contributed by atoms with Crippen LogP contribution in [0.5, 0.6) is 5.75 Å². The van der Waals surface area contributed by atoms with Gasteiger partial charge in [0.2, 0.25) is 0 Å². The van der Waals surface area contributed by atoms with Gasteiger partial charge in [-0.15, -0.1) is 0 Å². The van der Waals surface area contributed by atoms with E-state index in [9.17, 15) is 0 Å². The van der Waals surface area contributed by atoms with Crippen molar-refractivity contribution in [1.29, 1.82) is 5.26 Å². The standard InChI is InChI=1S/C12H15ClN2O/c1-15(2)11(6-7-14)9-16-12-5-3-4-10(13)8-12/h3-5,8,11H,6,9H2,1-2H3. The largest absolute Gasteiger partial charge is 0.492 e. The van der Waals surface area contributed by atoms with E-state index in [1.807, 2.05) is 31.1 Å². The zero-order valence-corrected chi connectivity index (χ0v) is 10.2. The summed E-state index contributed by atoms with van der Waals surface area (Å²) >= 11 is 5.84. The third kappa shape index (κ3) is 4.09. The predicted molar refractivity (Wildman–Crippen MR) is 64.7 cm³/mol. The lowest BCUT2D eigenvalue weighted by Gasteiger charge is -2.21. The summed E-state index contributed by atoms with van der Waals surface area (Å²) in [5.41, 5.74) is 0. The second kappa shape index (κ2) is 6.37. The Morgan fingerprint density at radius 1 is 1.50 bits per heavy atom. The van der Waals surface area contributed by atoms with Gasteiger partial charge in [0, 0.05) is 5.02 Å². The van der Waals surface area contributed by atoms with Crippen LogP contribution in [0.1, 0.15) is 6.42 Å². The predicted octanol–water partition coefficient (Wildman–Crippen LogP) is 2.56. The molecule has 16 heavy (non-hydrogen) atoms. The van der Waals surface area contributed by atoms with Crippen LogP contribution in [0.3, 0.4) is 0 Å². The highest BCUT2D eigenvalue weighted by Crippen LogP contribution is 2.17. The van der Waals surface area contributed by atoms with Crippen LogP contribution in [-0.4, -0.2) is 31.6 Å². The fourth-order valence-corrected chi connectivity index (χ4v) is 1.43. The zero-order valence-electron chi connectivity index (χ0n) is 9.48. The number of benzene rings is 1. The molecule has 0 amide bonds. The first kappa shape index (κ1) is 12.8. The van der Waals surface area contributed by atoms with Crippen LogP contribution in [0, 0.1) is 11.3 Å². The highest BCUT2D eigenvalue weighted by atomic mass is 35.5. The molecule has 0 N–H and O–H groups in total. The van der Waals surface area contributed by atoms with E-state index in [1.165, 1.54) is 0 Å². The number of halogens is 1. The molecular formula is C12H15ClN2O. The molecule has 0 fully saturated rings. The van der Waals surface area contributed by atoms with E-state index in [0.29, 0.717) is 18.1 Å². The third-order valence-electron chi connectivity index (χ3n) is 2.30. The van der Waals surface area contributed by atoms with Gasteiger partial charge in [0.05, 0.1) is 18.5 Å². The van der Waals surface area contributed by atoms with Crippen LogP contribution in [-0.2, 0) is 0 Å².